The molecular weight excluding hydrogens is 180 g/mol. The molecule has 0 aliphatic heterocycles. The lowest BCUT2D eigenvalue weighted by Crippen LogP contribution is -2.27. The standard InChI is InChI=1S/C15H26/c1-4-10-7-14-12-6-11(5-2)13(8-12)15(14)9(10)3/h9-15H,4-8H2,1-3H3. The molecular formula is C15H26. The molecule has 3 aliphatic carbocycles. The number of rotatable bonds is 2. The molecule has 3 rings (SSSR count). The fourth-order valence-corrected chi connectivity index (χ4v) is 5.67. The molecule has 15 heavy (non-hydrogen) atoms. The van der Waals surface area contributed by atoms with Gasteiger partial charge >= 0.3 is 0 Å². The summed E-state index contributed by atoms with van der Waals surface area (Å²) in [7, 11) is 0. The van der Waals surface area contributed by atoms with Crippen LogP contribution in [-0.4, -0.2) is 0 Å². The van der Waals surface area contributed by atoms with E-state index in [1.165, 1.54) is 12.8 Å². The van der Waals surface area contributed by atoms with Crippen molar-refractivity contribution in [2.24, 2.45) is 41.4 Å². The van der Waals surface area contributed by atoms with E-state index >= 15 is 0 Å². The largest absolute Gasteiger partial charge is 0.0651 e. The lowest BCUT2D eigenvalue weighted by atomic mass is 9.72. The van der Waals surface area contributed by atoms with Crippen LogP contribution in [0.3, 0.4) is 0 Å². The number of hydrogen-bond acceptors (Lipinski definition) is 0. The van der Waals surface area contributed by atoms with E-state index in [2.05, 4.69) is 20.8 Å². The summed E-state index contributed by atoms with van der Waals surface area (Å²) in [5.74, 6) is 7.79. The molecule has 0 saturated heterocycles. The average Bonchev–Trinajstić information content (AvgIpc) is 2.88. The van der Waals surface area contributed by atoms with Crippen molar-refractivity contribution in [3.8, 4) is 0 Å². The van der Waals surface area contributed by atoms with Gasteiger partial charge in [0.2, 0.25) is 0 Å². The van der Waals surface area contributed by atoms with Gasteiger partial charge in [0.15, 0.2) is 0 Å². The fourth-order valence-electron chi connectivity index (χ4n) is 5.67. The first-order valence-electron chi connectivity index (χ1n) is 7.26. The predicted molar refractivity (Wildman–Crippen MR) is 64.5 cm³/mol. The van der Waals surface area contributed by atoms with Gasteiger partial charge in [-0.3, -0.25) is 0 Å². The van der Waals surface area contributed by atoms with E-state index in [9.17, 15) is 0 Å². The van der Waals surface area contributed by atoms with Gasteiger partial charge in [-0.05, 0) is 60.7 Å². The summed E-state index contributed by atoms with van der Waals surface area (Å²) in [5, 5.41) is 0. The molecule has 0 aromatic rings. The Labute approximate surface area is 94.8 Å². The molecule has 86 valence electrons. The minimum absolute atomic E-state index is 1.05. The highest BCUT2D eigenvalue weighted by Crippen LogP contribution is 2.64. The van der Waals surface area contributed by atoms with E-state index in [-0.39, 0.29) is 0 Å². The first-order valence-corrected chi connectivity index (χ1v) is 7.26. The van der Waals surface area contributed by atoms with Crippen molar-refractivity contribution >= 4 is 0 Å². The van der Waals surface area contributed by atoms with Crippen LogP contribution in [0.4, 0.5) is 0 Å². The summed E-state index contributed by atoms with van der Waals surface area (Å²) < 4.78 is 0. The molecule has 0 aromatic carbocycles. The van der Waals surface area contributed by atoms with Crippen LogP contribution in [0.5, 0.6) is 0 Å². The van der Waals surface area contributed by atoms with Gasteiger partial charge in [-0.25, -0.2) is 0 Å². The van der Waals surface area contributed by atoms with E-state index < -0.39 is 0 Å². The molecule has 0 aromatic heterocycles. The van der Waals surface area contributed by atoms with Crippen LogP contribution in [0.2, 0.25) is 0 Å². The van der Waals surface area contributed by atoms with E-state index in [1.54, 1.807) is 19.3 Å². The zero-order valence-corrected chi connectivity index (χ0v) is 10.6. The SMILES string of the molecule is CCC1CC2C3CC(CC)C(C3)C2C1C. The normalized spacial score (nSPS) is 57.4. The Kier molecular flexibility index (Phi) is 2.37. The highest BCUT2D eigenvalue weighted by molar-refractivity contribution is 5.06. The Bertz CT molecular complexity index is 242. The van der Waals surface area contributed by atoms with Gasteiger partial charge in [0, 0.05) is 0 Å². The number of fused-ring (bicyclic) bond motifs is 5. The maximum atomic E-state index is 2.56. The first kappa shape index (κ1) is 10.2. The second-order valence-corrected chi connectivity index (χ2v) is 6.57. The second kappa shape index (κ2) is 3.50. The van der Waals surface area contributed by atoms with Crippen molar-refractivity contribution in [3.05, 3.63) is 0 Å². The Morgan fingerprint density at radius 3 is 2.27 bits per heavy atom. The third-order valence-electron chi connectivity index (χ3n) is 6.35. The minimum atomic E-state index is 1.05. The third kappa shape index (κ3) is 1.26. The van der Waals surface area contributed by atoms with Crippen molar-refractivity contribution in [1.82, 2.24) is 0 Å². The zero-order valence-electron chi connectivity index (χ0n) is 10.6. The molecule has 7 atom stereocenters. The molecule has 0 N–H and O–H groups in total. The van der Waals surface area contributed by atoms with Crippen molar-refractivity contribution in [2.45, 2.75) is 52.9 Å². The molecule has 3 saturated carbocycles. The van der Waals surface area contributed by atoms with Crippen molar-refractivity contribution in [2.75, 3.05) is 0 Å². The summed E-state index contributed by atoms with van der Waals surface area (Å²) in [6.45, 7) is 7.38. The minimum Gasteiger partial charge on any atom is -0.0651 e. The van der Waals surface area contributed by atoms with E-state index in [4.69, 9.17) is 0 Å². The summed E-state index contributed by atoms with van der Waals surface area (Å²) in [4.78, 5) is 0. The smallest absolute Gasteiger partial charge is 0.0323 e. The monoisotopic (exact) mass is 206 g/mol. The van der Waals surface area contributed by atoms with Crippen molar-refractivity contribution in [3.63, 3.8) is 0 Å². The van der Waals surface area contributed by atoms with E-state index in [1.807, 2.05) is 0 Å². The van der Waals surface area contributed by atoms with Gasteiger partial charge < -0.3 is 0 Å². The Balaban J connectivity index is 1.81. The molecule has 0 spiro atoms. The van der Waals surface area contributed by atoms with Crippen LogP contribution in [-0.2, 0) is 0 Å². The molecule has 0 heteroatoms. The molecule has 0 radical (unpaired) electrons. The lowest BCUT2D eigenvalue weighted by Gasteiger charge is -2.33. The fraction of sp³-hybridized carbons (Fsp3) is 1.00. The highest BCUT2D eigenvalue weighted by atomic mass is 14.6. The van der Waals surface area contributed by atoms with Gasteiger partial charge in [-0.15, -0.1) is 0 Å². The van der Waals surface area contributed by atoms with Gasteiger partial charge in [-0.2, -0.15) is 0 Å². The van der Waals surface area contributed by atoms with Crippen molar-refractivity contribution < 1.29 is 0 Å². The van der Waals surface area contributed by atoms with Crippen molar-refractivity contribution in [1.29, 1.82) is 0 Å². The third-order valence-corrected chi connectivity index (χ3v) is 6.35. The van der Waals surface area contributed by atoms with Crippen LogP contribution in [0.15, 0.2) is 0 Å². The quantitative estimate of drug-likeness (QED) is 0.630. The van der Waals surface area contributed by atoms with Crippen LogP contribution < -0.4 is 0 Å². The topological polar surface area (TPSA) is 0 Å². The zero-order chi connectivity index (χ0) is 10.6. The van der Waals surface area contributed by atoms with Gasteiger partial charge in [0.05, 0.1) is 0 Å². The maximum Gasteiger partial charge on any atom is -0.0323 e. The molecule has 0 nitrogen and oxygen atoms in total. The second-order valence-electron chi connectivity index (χ2n) is 6.57. The van der Waals surface area contributed by atoms with Crippen LogP contribution in [0, 0.1) is 41.4 Å². The maximum absolute atomic E-state index is 2.56. The molecule has 0 amide bonds. The molecule has 3 aliphatic rings. The van der Waals surface area contributed by atoms with Gasteiger partial charge in [0.1, 0.15) is 0 Å². The molecule has 0 heterocycles. The highest BCUT2D eigenvalue weighted by Gasteiger charge is 2.57. The van der Waals surface area contributed by atoms with E-state index in [0.29, 0.717) is 0 Å². The van der Waals surface area contributed by atoms with Crippen LogP contribution >= 0.6 is 0 Å². The van der Waals surface area contributed by atoms with Gasteiger partial charge in [0.25, 0.3) is 0 Å². The van der Waals surface area contributed by atoms with E-state index in [0.717, 1.165) is 41.4 Å². The summed E-state index contributed by atoms with van der Waals surface area (Å²) in [6, 6.07) is 0. The summed E-state index contributed by atoms with van der Waals surface area (Å²) >= 11 is 0. The lowest BCUT2D eigenvalue weighted by molar-refractivity contribution is 0.151. The molecule has 7 unspecified atom stereocenters. The summed E-state index contributed by atoms with van der Waals surface area (Å²) in [6.07, 6.45) is 7.67. The predicted octanol–water partition coefficient (Wildman–Crippen LogP) is 4.35. The number of hydrogen-bond donors (Lipinski definition) is 0. The molecule has 2 bridgehead atoms. The Morgan fingerprint density at radius 2 is 1.60 bits per heavy atom. The average molecular weight is 206 g/mol. The molecule has 3 fully saturated rings. The van der Waals surface area contributed by atoms with Crippen LogP contribution in [0.1, 0.15) is 52.9 Å². The first-order chi connectivity index (χ1) is 7.26. The van der Waals surface area contributed by atoms with Crippen LogP contribution in [0.25, 0.3) is 0 Å². The Morgan fingerprint density at radius 1 is 0.867 bits per heavy atom. The van der Waals surface area contributed by atoms with Gasteiger partial charge in [-0.1, -0.05) is 33.6 Å². The summed E-state index contributed by atoms with van der Waals surface area (Å²) in [5.41, 5.74) is 0. The Hall–Kier alpha value is 0.